The number of carbonyl (C=O) groups excluding carboxylic acids is 1. The lowest BCUT2D eigenvalue weighted by molar-refractivity contribution is -0.364. The molecule has 4 saturated heterocycles. The normalized spacial score (nSPS) is 46.8. The summed E-state index contributed by atoms with van der Waals surface area (Å²) >= 11 is 0. The number of hydrogen-bond acceptors (Lipinski definition) is 7. The van der Waals surface area contributed by atoms with Gasteiger partial charge in [0.15, 0.2) is 14.2 Å². The maximum atomic E-state index is 11.9. The highest BCUT2D eigenvalue weighted by Crippen LogP contribution is 2.53. The molecule has 0 N–H and O–H groups in total. The second-order valence-electron chi connectivity index (χ2n) is 11.9. The van der Waals surface area contributed by atoms with Crippen LogP contribution >= 0.6 is 16.9 Å². The Balaban J connectivity index is 1.51. The van der Waals surface area contributed by atoms with E-state index in [0.717, 1.165) is 19.3 Å². The second-order valence-corrected chi connectivity index (χ2v) is 13.5. The minimum Gasteiger partial charge on any atom is -0.370 e. The number of rotatable bonds is 7. The van der Waals surface area contributed by atoms with Gasteiger partial charge in [-0.2, -0.15) is 0 Å². The van der Waals surface area contributed by atoms with E-state index in [1.165, 1.54) is 0 Å². The van der Waals surface area contributed by atoms with Gasteiger partial charge < -0.3 is 18.9 Å². The van der Waals surface area contributed by atoms with Crippen molar-refractivity contribution < 1.29 is 32.9 Å². The van der Waals surface area contributed by atoms with Crippen molar-refractivity contribution in [1.82, 2.24) is 0 Å². The van der Waals surface area contributed by atoms with Crippen LogP contribution in [-0.2, 0) is 32.9 Å². The third-order valence-electron chi connectivity index (χ3n) is 8.42. The maximum absolute atomic E-state index is 11.9. The van der Waals surface area contributed by atoms with Gasteiger partial charge in [0.2, 0.25) is 14.0 Å². The molecular formula is C25H40O7P2. The summed E-state index contributed by atoms with van der Waals surface area (Å²) in [5, 5.41) is 0. The number of fused-ring (bicyclic) bond motifs is 2. The van der Waals surface area contributed by atoms with Crippen molar-refractivity contribution in [1.29, 1.82) is 0 Å². The van der Waals surface area contributed by atoms with Crippen molar-refractivity contribution in [3.05, 3.63) is 0 Å². The van der Waals surface area contributed by atoms with Crippen LogP contribution in [0, 0.1) is 23.7 Å². The average Bonchev–Trinajstić information content (AvgIpc) is 3.12. The summed E-state index contributed by atoms with van der Waals surface area (Å²) in [5.41, 5.74) is -0.963. The zero-order chi connectivity index (χ0) is 24.8. The first-order chi connectivity index (χ1) is 16.0. The van der Waals surface area contributed by atoms with Crippen LogP contribution in [-0.4, -0.2) is 53.1 Å². The van der Waals surface area contributed by atoms with E-state index in [0.29, 0.717) is 30.6 Å². The fraction of sp³-hybridized carbons (Fsp3) is 0.960. The summed E-state index contributed by atoms with van der Waals surface area (Å²) in [5.74, 6) is 0.706. The Labute approximate surface area is 206 Å². The Bertz CT molecular complexity index is 791. The standard InChI is InChI=1S/C25H40O7P2/c1-13(2)9-24(14(3)4)12-19-23(32-24)16(6)11-25(31-19)10-15(5)22-18(30-25)7-20(33-27)17(29-22)8-21(26)34-28/h13-20,22-23H,7-12H2,1-6H3/t15-,16-,17?,18-,19-,20+,22-,23-,24-,25+/m0/s1. The lowest BCUT2D eigenvalue weighted by Crippen LogP contribution is -2.62. The van der Waals surface area contributed by atoms with E-state index < -0.39 is 25.9 Å². The Kier molecular flexibility index (Phi) is 8.05. The molecule has 0 aromatic carbocycles. The van der Waals surface area contributed by atoms with Crippen molar-refractivity contribution >= 4 is 22.4 Å². The van der Waals surface area contributed by atoms with E-state index in [1.54, 1.807) is 0 Å². The van der Waals surface area contributed by atoms with Gasteiger partial charge in [0, 0.05) is 25.7 Å². The first-order valence-corrected chi connectivity index (χ1v) is 14.6. The molecule has 1 unspecified atom stereocenters. The summed E-state index contributed by atoms with van der Waals surface area (Å²) in [6.45, 7) is 13.4. The Morgan fingerprint density at radius 2 is 1.59 bits per heavy atom. The van der Waals surface area contributed by atoms with Gasteiger partial charge in [0.25, 0.3) is 0 Å². The summed E-state index contributed by atoms with van der Waals surface area (Å²) in [6.07, 6.45) is 3.01. The first kappa shape index (κ1) is 26.8. The van der Waals surface area contributed by atoms with Crippen molar-refractivity contribution in [2.24, 2.45) is 23.7 Å². The van der Waals surface area contributed by atoms with Gasteiger partial charge in [-0.05, 0) is 36.5 Å². The first-order valence-electron chi connectivity index (χ1n) is 12.9. The van der Waals surface area contributed by atoms with Crippen molar-refractivity contribution in [3.8, 4) is 0 Å². The molecule has 9 heteroatoms. The average molecular weight is 515 g/mol. The molecule has 34 heavy (non-hydrogen) atoms. The topological polar surface area (TPSA) is 88.1 Å². The zero-order valence-corrected chi connectivity index (χ0v) is 23.1. The van der Waals surface area contributed by atoms with Gasteiger partial charge in [-0.1, -0.05) is 41.5 Å². The molecule has 0 radical (unpaired) electrons. The molecule has 4 heterocycles. The smallest absolute Gasteiger partial charge is 0.231 e. The third-order valence-corrected chi connectivity index (χ3v) is 9.62. The molecule has 4 aliphatic heterocycles. The van der Waals surface area contributed by atoms with Crippen molar-refractivity contribution in [2.45, 2.75) is 128 Å². The van der Waals surface area contributed by atoms with Gasteiger partial charge in [-0.15, -0.1) is 0 Å². The lowest BCUT2D eigenvalue weighted by Gasteiger charge is -2.54. The molecule has 0 saturated carbocycles. The third kappa shape index (κ3) is 5.08. The molecule has 0 aliphatic carbocycles. The fourth-order valence-corrected chi connectivity index (χ4v) is 7.83. The highest BCUT2D eigenvalue weighted by Gasteiger charge is 2.60. The van der Waals surface area contributed by atoms with Crippen LogP contribution in [0.4, 0.5) is 0 Å². The number of carbonyl (C=O) groups is 1. The SMILES string of the molecule is CC(C)C[C@@]1(C(C)C)C[C@@H]2O[C@]3(C[C@H](C)[C@@H]4OC(CC(=O)P=O)[C@H](P=O)C[C@@H]4O3)C[C@H](C)[C@@H]2O1. The van der Waals surface area contributed by atoms with Crippen LogP contribution in [0.1, 0.15) is 80.1 Å². The minimum absolute atomic E-state index is 0.00646. The van der Waals surface area contributed by atoms with E-state index in [9.17, 15) is 13.9 Å². The summed E-state index contributed by atoms with van der Waals surface area (Å²) in [6, 6.07) is 0. The number of ether oxygens (including phenoxy) is 4. The highest BCUT2D eigenvalue weighted by atomic mass is 31.1. The minimum atomic E-state index is -0.695. The van der Waals surface area contributed by atoms with Crippen LogP contribution < -0.4 is 0 Å². The predicted molar refractivity (Wildman–Crippen MR) is 128 cm³/mol. The van der Waals surface area contributed by atoms with E-state index in [-0.39, 0.29) is 56.5 Å². The predicted octanol–water partition coefficient (Wildman–Crippen LogP) is 5.79. The molecule has 0 bridgehead atoms. The molecule has 0 aromatic heterocycles. The summed E-state index contributed by atoms with van der Waals surface area (Å²) in [7, 11) is -0.605. The lowest BCUT2D eigenvalue weighted by atomic mass is 9.77. The molecule has 4 fully saturated rings. The molecule has 4 aliphatic rings. The van der Waals surface area contributed by atoms with E-state index in [2.05, 4.69) is 41.5 Å². The molecular weight excluding hydrogens is 474 g/mol. The zero-order valence-electron chi connectivity index (χ0n) is 21.3. The van der Waals surface area contributed by atoms with E-state index in [1.807, 2.05) is 0 Å². The second kappa shape index (κ2) is 10.2. The van der Waals surface area contributed by atoms with E-state index in [4.69, 9.17) is 18.9 Å². The quantitative estimate of drug-likeness (QED) is 0.398. The van der Waals surface area contributed by atoms with Crippen LogP contribution in [0.3, 0.4) is 0 Å². The Hall–Kier alpha value is -0.290. The van der Waals surface area contributed by atoms with Crippen LogP contribution in [0.5, 0.6) is 0 Å². The molecule has 0 aromatic rings. The Morgan fingerprint density at radius 1 is 0.941 bits per heavy atom. The number of hydrogen-bond donors (Lipinski definition) is 0. The van der Waals surface area contributed by atoms with Crippen LogP contribution in [0.25, 0.3) is 0 Å². The van der Waals surface area contributed by atoms with Gasteiger partial charge in [0.05, 0.1) is 41.8 Å². The van der Waals surface area contributed by atoms with Crippen molar-refractivity contribution in [3.63, 3.8) is 0 Å². The highest BCUT2D eigenvalue weighted by molar-refractivity contribution is 7.46. The molecule has 1 spiro atoms. The van der Waals surface area contributed by atoms with Crippen molar-refractivity contribution in [2.75, 3.05) is 0 Å². The molecule has 7 nitrogen and oxygen atoms in total. The molecule has 192 valence electrons. The maximum Gasteiger partial charge on any atom is 0.231 e. The summed E-state index contributed by atoms with van der Waals surface area (Å²) < 4.78 is 49.4. The molecule has 4 rings (SSSR count). The van der Waals surface area contributed by atoms with Crippen LogP contribution in [0.2, 0.25) is 0 Å². The van der Waals surface area contributed by atoms with Gasteiger partial charge >= 0.3 is 0 Å². The molecule has 10 atom stereocenters. The van der Waals surface area contributed by atoms with Crippen LogP contribution in [0.15, 0.2) is 0 Å². The largest absolute Gasteiger partial charge is 0.370 e. The van der Waals surface area contributed by atoms with Gasteiger partial charge in [-0.25, -0.2) is 0 Å². The molecule has 0 amide bonds. The van der Waals surface area contributed by atoms with E-state index >= 15 is 0 Å². The Morgan fingerprint density at radius 3 is 2.18 bits per heavy atom. The fourth-order valence-electron chi connectivity index (χ4n) is 6.97. The summed E-state index contributed by atoms with van der Waals surface area (Å²) in [4.78, 5) is 11.8. The van der Waals surface area contributed by atoms with Gasteiger partial charge in [0.1, 0.15) is 0 Å². The monoisotopic (exact) mass is 514 g/mol. The van der Waals surface area contributed by atoms with Gasteiger partial charge in [-0.3, -0.25) is 13.9 Å².